The zero-order chi connectivity index (χ0) is 17.2. The summed E-state index contributed by atoms with van der Waals surface area (Å²) >= 11 is 0. The number of hydrogen-bond acceptors (Lipinski definition) is 4. The first kappa shape index (κ1) is 16.8. The Hall–Kier alpha value is -1.69. The molecule has 0 spiro atoms. The largest absolute Gasteiger partial charge is 0.389 e. The average Bonchev–Trinajstić information content (AvgIpc) is 3.00. The highest BCUT2D eigenvalue weighted by Gasteiger charge is 2.24. The summed E-state index contributed by atoms with van der Waals surface area (Å²) in [6.07, 6.45) is 5.89. The predicted molar refractivity (Wildman–Crippen MR) is 96.3 cm³/mol. The van der Waals surface area contributed by atoms with Gasteiger partial charge >= 0.3 is 0 Å². The molecule has 2 atom stereocenters. The Balaban J connectivity index is 1.30. The molecule has 134 valence electrons. The van der Waals surface area contributed by atoms with Crippen LogP contribution in [-0.2, 0) is 31.2 Å². The molecule has 1 aliphatic heterocycles. The Morgan fingerprint density at radius 3 is 3.12 bits per heavy atom. The van der Waals surface area contributed by atoms with Crippen LogP contribution in [0.4, 0.5) is 0 Å². The first-order chi connectivity index (χ1) is 12.2. The molecule has 0 bridgehead atoms. The normalized spacial score (nSPS) is 21.6. The van der Waals surface area contributed by atoms with E-state index in [1.807, 2.05) is 13.4 Å². The molecule has 2 heterocycles. The van der Waals surface area contributed by atoms with Crippen LogP contribution in [0.15, 0.2) is 30.6 Å². The number of fused-ring (bicyclic) bond motifs is 2. The molecule has 0 saturated carbocycles. The number of nitrogens with zero attached hydrogens (tertiary/aromatic N) is 3. The van der Waals surface area contributed by atoms with Crippen LogP contribution in [0.1, 0.15) is 41.5 Å². The molecule has 0 unspecified atom stereocenters. The molecule has 0 radical (unpaired) electrons. The van der Waals surface area contributed by atoms with Crippen molar-refractivity contribution in [3.8, 4) is 0 Å². The van der Waals surface area contributed by atoms with Gasteiger partial charge in [0.25, 0.3) is 0 Å². The van der Waals surface area contributed by atoms with Crippen molar-refractivity contribution in [3.05, 3.63) is 53.1 Å². The molecule has 0 saturated heterocycles. The van der Waals surface area contributed by atoms with Crippen LogP contribution in [0, 0.1) is 0 Å². The van der Waals surface area contributed by atoms with Gasteiger partial charge in [-0.15, -0.1) is 0 Å². The van der Waals surface area contributed by atoms with Crippen LogP contribution in [0.25, 0.3) is 0 Å². The van der Waals surface area contributed by atoms with E-state index < -0.39 is 6.10 Å². The minimum absolute atomic E-state index is 0.128. The molecule has 1 aliphatic carbocycles. The van der Waals surface area contributed by atoms with E-state index in [0.717, 1.165) is 44.5 Å². The van der Waals surface area contributed by atoms with Crippen molar-refractivity contribution in [1.29, 1.82) is 0 Å². The number of ether oxygens (including phenoxy) is 1. The molecule has 0 fully saturated rings. The quantitative estimate of drug-likeness (QED) is 0.906. The second-order valence-corrected chi connectivity index (χ2v) is 7.30. The van der Waals surface area contributed by atoms with Crippen molar-refractivity contribution in [2.75, 3.05) is 19.7 Å². The maximum atomic E-state index is 10.4. The van der Waals surface area contributed by atoms with Crippen LogP contribution in [-0.4, -0.2) is 45.4 Å². The summed E-state index contributed by atoms with van der Waals surface area (Å²) < 4.78 is 8.19. The molecular weight excluding hydrogens is 314 g/mol. The lowest BCUT2D eigenvalue weighted by Crippen LogP contribution is -2.39. The van der Waals surface area contributed by atoms with E-state index >= 15 is 0 Å². The zero-order valence-electron chi connectivity index (χ0n) is 14.9. The molecule has 4 rings (SSSR count). The zero-order valence-corrected chi connectivity index (χ0v) is 14.9. The Morgan fingerprint density at radius 2 is 2.20 bits per heavy atom. The van der Waals surface area contributed by atoms with Crippen LogP contribution < -0.4 is 0 Å². The lowest BCUT2D eigenvalue weighted by Gasteiger charge is -2.30. The fourth-order valence-electron chi connectivity index (χ4n) is 4.13. The third-order valence-electron chi connectivity index (χ3n) is 5.46. The van der Waals surface area contributed by atoms with E-state index in [1.54, 1.807) is 0 Å². The number of rotatable bonds is 5. The highest BCUT2D eigenvalue weighted by molar-refractivity contribution is 5.31. The second kappa shape index (κ2) is 7.28. The number of aryl methyl sites for hydroxylation is 2. The number of benzene rings is 1. The lowest BCUT2D eigenvalue weighted by atomic mass is 9.89. The van der Waals surface area contributed by atoms with Crippen LogP contribution in [0.3, 0.4) is 0 Å². The lowest BCUT2D eigenvalue weighted by molar-refractivity contribution is -0.0295. The topological polar surface area (TPSA) is 50.5 Å². The van der Waals surface area contributed by atoms with Gasteiger partial charge in [0, 0.05) is 38.8 Å². The maximum absolute atomic E-state index is 10.4. The van der Waals surface area contributed by atoms with Gasteiger partial charge in [-0.1, -0.05) is 24.3 Å². The number of aliphatic hydroxyl groups is 1. The van der Waals surface area contributed by atoms with Crippen molar-refractivity contribution in [2.24, 2.45) is 7.05 Å². The minimum Gasteiger partial charge on any atom is -0.389 e. The standard InChI is InChI=1S/C20H27N3O2/c1-22-14-21-18-12-23(10-9-19(18)22)11-16(24)13-25-20-8-4-6-15-5-2-3-7-17(15)20/h2-3,5,7,14,16,20,24H,4,6,8-13H2,1H3/t16-,20-/m0/s1. The third-order valence-corrected chi connectivity index (χ3v) is 5.46. The molecule has 1 aromatic heterocycles. The molecule has 5 heteroatoms. The number of β-amino-alcohol motifs (C(OH)–C–C–N with tert-alkyl or cyclic N) is 1. The summed E-state index contributed by atoms with van der Waals surface area (Å²) in [7, 11) is 2.05. The molecule has 2 aromatic rings. The molecular formula is C20H27N3O2. The molecule has 1 aromatic carbocycles. The molecule has 2 aliphatic rings. The SMILES string of the molecule is Cn1cnc2c1CCN(C[C@H](O)CO[C@H]1CCCc3ccccc31)C2. The smallest absolute Gasteiger partial charge is 0.0949 e. The van der Waals surface area contributed by atoms with E-state index in [2.05, 4.69) is 38.7 Å². The van der Waals surface area contributed by atoms with Gasteiger partial charge in [-0.25, -0.2) is 4.98 Å². The fraction of sp³-hybridized carbons (Fsp3) is 0.550. The summed E-state index contributed by atoms with van der Waals surface area (Å²) in [5.41, 5.74) is 5.16. The first-order valence-electron chi connectivity index (χ1n) is 9.29. The molecule has 5 nitrogen and oxygen atoms in total. The maximum Gasteiger partial charge on any atom is 0.0949 e. The number of aromatic nitrogens is 2. The van der Waals surface area contributed by atoms with E-state index in [-0.39, 0.29) is 6.10 Å². The summed E-state index contributed by atoms with van der Waals surface area (Å²) in [5.74, 6) is 0. The van der Waals surface area contributed by atoms with E-state index in [9.17, 15) is 5.11 Å². The highest BCUT2D eigenvalue weighted by atomic mass is 16.5. The van der Waals surface area contributed by atoms with Crippen molar-refractivity contribution < 1.29 is 9.84 Å². The van der Waals surface area contributed by atoms with Gasteiger partial charge in [0.15, 0.2) is 0 Å². The second-order valence-electron chi connectivity index (χ2n) is 7.30. The minimum atomic E-state index is -0.459. The summed E-state index contributed by atoms with van der Waals surface area (Å²) in [6.45, 7) is 2.82. The van der Waals surface area contributed by atoms with Crippen molar-refractivity contribution >= 4 is 0 Å². The van der Waals surface area contributed by atoms with E-state index in [1.165, 1.54) is 16.8 Å². The van der Waals surface area contributed by atoms with Gasteiger partial charge in [0.1, 0.15) is 0 Å². The number of aliphatic hydroxyl groups excluding tert-OH is 1. The average molecular weight is 341 g/mol. The van der Waals surface area contributed by atoms with Gasteiger partial charge in [0.2, 0.25) is 0 Å². The number of imidazole rings is 1. The molecule has 25 heavy (non-hydrogen) atoms. The van der Waals surface area contributed by atoms with Crippen LogP contribution in [0.5, 0.6) is 0 Å². The predicted octanol–water partition coefficient (Wildman–Crippen LogP) is 2.23. The van der Waals surface area contributed by atoms with Crippen molar-refractivity contribution in [2.45, 2.75) is 44.4 Å². The molecule has 1 N–H and O–H groups in total. The highest BCUT2D eigenvalue weighted by Crippen LogP contribution is 2.32. The van der Waals surface area contributed by atoms with Crippen molar-refractivity contribution in [1.82, 2.24) is 14.5 Å². The van der Waals surface area contributed by atoms with Crippen LogP contribution >= 0.6 is 0 Å². The van der Waals surface area contributed by atoms with Gasteiger partial charge in [0.05, 0.1) is 30.8 Å². The molecule has 0 amide bonds. The van der Waals surface area contributed by atoms with E-state index in [4.69, 9.17) is 4.74 Å². The van der Waals surface area contributed by atoms with Crippen molar-refractivity contribution in [3.63, 3.8) is 0 Å². The van der Waals surface area contributed by atoms with Gasteiger partial charge in [-0.2, -0.15) is 0 Å². The Morgan fingerprint density at radius 1 is 1.32 bits per heavy atom. The Labute approximate surface area is 149 Å². The van der Waals surface area contributed by atoms with E-state index in [0.29, 0.717) is 13.2 Å². The Kier molecular flexibility index (Phi) is 4.88. The monoisotopic (exact) mass is 341 g/mol. The third kappa shape index (κ3) is 3.64. The van der Waals surface area contributed by atoms with Crippen LogP contribution in [0.2, 0.25) is 0 Å². The van der Waals surface area contributed by atoms with Gasteiger partial charge < -0.3 is 14.4 Å². The number of hydrogen-bond donors (Lipinski definition) is 1. The summed E-state index contributed by atoms with van der Waals surface area (Å²) in [5, 5.41) is 10.4. The summed E-state index contributed by atoms with van der Waals surface area (Å²) in [6, 6.07) is 8.53. The fourth-order valence-corrected chi connectivity index (χ4v) is 4.13. The summed E-state index contributed by atoms with van der Waals surface area (Å²) in [4.78, 5) is 6.74. The first-order valence-corrected chi connectivity index (χ1v) is 9.29. The Bertz CT molecular complexity index is 727. The van der Waals surface area contributed by atoms with Gasteiger partial charge in [-0.05, 0) is 30.4 Å². The van der Waals surface area contributed by atoms with Gasteiger partial charge in [-0.3, -0.25) is 4.90 Å².